The summed E-state index contributed by atoms with van der Waals surface area (Å²) in [4.78, 5) is 51.8. The Labute approximate surface area is 192 Å². The Morgan fingerprint density at radius 3 is 2.27 bits per heavy atom. The molecule has 30 heavy (non-hydrogen) atoms. The van der Waals surface area contributed by atoms with Gasteiger partial charge in [0.1, 0.15) is 0 Å². The monoisotopic (exact) mass is 539 g/mol. The largest absolute Gasteiger partial charge is 0.457 e. The van der Waals surface area contributed by atoms with E-state index in [-0.39, 0.29) is 70.5 Å². The third-order valence-electron chi connectivity index (χ3n) is 6.68. The third-order valence-corrected chi connectivity index (χ3v) is 9.88. The van der Waals surface area contributed by atoms with Crippen molar-refractivity contribution in [2.75, 3.05) is 13.2 Å². The molecule has 4 rings (SSSR count). The molecule has 1 aromatic rings. The lowest BCUT2D eigenvalue weighted by molar-refractivity contribution is -0.145. The van der Waals surface area contributed by atoms with Crippen LogP contribution in [0.5, 0.6) is 0 Å². The molecule has 2 saturated carbocycles. The molecule has 3 aliphatic rings. The van der Waals surface area contributed by atoms with E-state index in [0.717, 1.165) is 17.5 Å². The van der Waals surface area contributed by atoms with E-state index in [4.69, 9.17) is 4.74 Å². The van der Waals surface area contributed by atoms with Gasteiger partial charge in [0, 0.05) is 21.8 Å². The maximum absolute atomic E-state index is 12.8. The van der Waals surface area contributed by atoms with E-state index in [9.17, 15) is 19.2 Å². The van der Waals surface area contributed by atoms with Crippen LogP contribution in [0.15, 0.2) is 18.2 Å². The van der Waals surface area contributed by atoms with E-state index in [1.807, 2.05) is 26.0 Å². The Kier molecular flexibility index (Phi) is 5.92. The lowest BCUT2D eigenvalue weighted by Gasteiger charge is -2.28. The molecule has 1 aromatic carbocycles. The number of carbonyl (C=O) groups is 4. The number of aryl methyl sites for hydroxylation is 2. The molecule has 1 saturated heterocycles. The van der Waals surface area contributed by atoms with Crippen molar-refractivity contribution in [3.63, 3.8) is 0 Å². The first-order valence-electron chi connectivity index (χ1n) is 10.1. The third kappa shape index (κ3) is 3.55. The second kappa shape index (κ2) is 8.19. The maximum atomic E-state index is 12.8. The first kappa shape index (κ1) is 21.7. The molecule has 0 aromatic heterocycles. The number of halogens is 2. The number of rotatable bonds is 6. The van der Waals surface area contributed by atoms with Gasteiger partial charge in [0.2, 0.25) is 17.6 Å². The molecule has 0 N–H and O–H groups in total. The number of alkyl halides is 2. The van der Waals surface area contributed by atoms with E-state index < -0.39 is 5.97 Å². The topological polar surface area (TPSA) is 80.8 Å². The molecule has 160 valence electrons. The van der Waals surface area contributed by atoms with Gasteiger partial charge < -0.3 is 4.74 Å². The van der Waals surface area contributed by atoms with E-state index in [1.165, 1.54) is 4.90 Å². The van der Waals surface area contributed by atoms with Crippen molar-refractivity contribution < 1.29 is 23.9 Å². The molecule has 2 amide bonds. The molecule has 6 atom stereocenters. The van der Waals surface area contributed by atoms with Crippen LogP contribution in [0.1, 0.15) is 34.3 Å². The highest BCUT2D eigenvalue weighted by Crippen LogP contribution is 2.60. The molecule has 2 aliphatic carbocycles. The fraction of sp³-hybridized carbons (Fsp3) is 0.545. The highest BCUT2D eigenvalue weighted by molar-refractivity contribution is 9.12. The summed E-state index contributed by atoms with van der Waals surface area (Å²) >= 11 is 7.31. The number of ketones is 1. The predicted octanol–water partition coefficient (Wildman–Crippen LogP) is 3.20. The molecule has 8 heteroatoms. The van der Waals surface area contributed by atoms with E-state index in [0.29, 0.717) is 5.56 Å². The fourth-order valence-electron chi connectivity index (χ4n) is 5.17. The summed E-state index contributed by atoms with van der Waals surface area (Å²) < 4.78 is 5.11. The highest BCUT2D eigenvalue weighted by atomic mass is 79.9. The summed E-state index contributed by atoms with van der Waals surface area (Å²) in [5, 5.41) is 0. The SMILES string of the molecule is Cc1ccc(C)c(C(=O)COC(=O)CCN2C(=O)[C@H]3[C@@H]4C[C@@H]([C@H](Br)[C@@H]4Br)[C@@H]3C2=O)c1. The number of hydrogen-bond donors (Lipinski definition) is 0. The number of ether oxygens (including phenoxy) is 1. The number of esters is 1. The van der Waals surface area contributed by atoms with Crippen LogP contribution in [-0.2, 0) is 19.1 Å². The van der Waals surface area contributed by atoms with Crippen molar-refractivity contribution in [2.45, 2.75) is 36.3 Å². The molecule has 1 aliphatic heterocycles. The fourth-order valence-corrected chi connectivity index (χ4v) is 7.04. The number of likely N-dealkylation sites (tertiary alicyclic amines) is 1. The minimum Gasteiger partial charge on any atom is -0.457 e. The summed E-state index contributed by atoms with van der Waals surface area (Å²) in [6.45, 7) is 3.37. The van der Waals surface area contributed by atoms with Gasteiger partial charge in [-0.1, -0.05) is 49.6 Å². The number of benzene rings is 1. The quantitative estimate of drug-likeness (QED) is 0.239. The van der Waals surface area contributed by atoms with Crippen molar-refractivity contribution in [1.29, 1.82) is 0 Å². The molecule has 0 spiro atoms. The summed E-state index contributed by atoms with van der Waals surface area (Å²) in [6.07, 6.45) is 0.761. The van der Waals surface area contributed by atoms with Crippen LogP contribution in [0.3, 0.4) is 0 Å². The van der Waals surface area contributed by atoms with E-state index in [2.05, 4.69) is 31.9 Å². The summed E-state index contributed by atoms with van der Waals surface area (Å²) in [6, 6.07) is 5.54. The lowest BCUT2D eigenvalue weighted by Crippen LogP contribution is -2.37. The average molecular weight is 541 g/mol. The molecule has 0 radical (unpaired) electrons. The van der Waals surface area contributed by atoms with Crippen molar-refractivity contribution in [3.05, 3.63) is 34.9 Å². The highest BCUT2D eigenvalue weighted by Gasteiger charge is 2.66. The van der Waals surface area contributed by atoms with Crippen LogP contribution in [-0.4, -0.2) is 51.3 Å². The Balaban J connectivity index is 1.31. The number of carbonyl (C=O) groups excluding carboxylic acids is 4. The number of hydrogen-bond acceptors (Lipinski definition) is 5. The van der Waals surface area contributed by atoms with Crippen LogP contribution < -0.4 is 0 Å². The minimum atomic E-state index is -0.592. The smallest absolute Gasteiger partial charge is 0.308 e. The number of Topliss-reactive ketones (excluding diaryl/α,β-unsaturated/α-hetero) is 1. The number of amides is 2. The molecule has 1 heterocycles. The van der Waals surface area contributed by atoms with Gasteiger partial charge in [-0.05, 0) is 43.7 Å². The number of imide groups is 1. The molecule has 3 fully saturated rings. The van der Waals surface area contributed by atoms with Crippen molar-refractivity contribution >= 4 is 55.4 Å². The van der Waals surface area contributed by atoms with Crippen LogP contribution in [0, 0.1) is 37.5 Å². The Bertz CT molecular complexity index is 900. The van der Waals surface area contributed by atoms with E-state index in [1.54, 1.807) is 6.07 Å². The van der Waals surface area contributed by atoms with Crippen molar-refractivity contribution in [1.82, 2.24) is 4.90 Å². The van der Waals surface area contributed by atoms with Gasteiger partial charge in [-0.15, -0.1) is 0 Å². The minimum absolute atomic E-state index is 0.000504. The average Bonchev–Trinajstić information content (AvgIpc) is 3.31. The zero-order chi connectivity index (χ0) is 21.7. The van der Waals surface area contributed by atoms with Crippen LogP contribution in [0.2, 0.25) is 0 Å². The van der Waals surface area contributed by atoms with E-state index >= 15 is 0 Å². The first-order chi connectivity index (χ1) is 14.2. The van der Waals surface area contributed by atoms with Gasteiger partial charge in [-0.25, -0.2) is 0 Å². The van der Waals surface area contributed by atoms with Gasteiger partial charge in [0.25, 0.3) is 0 Å². The standard InChI is InChI=1S/C22H23Br2NO5/c1-10-3-4-11(2)12(7-10)15(26)9-30-16(27)5-6-25-21(28)17-13-8-14(18(17)22(25)29)20(24)19(13)23/h3-4,7,13-14,17-20H,5-6,8-9H2,1-2H3/t13-,14+,17-,18-,19+,20-/m0/s1. The summed E-state index contributed by atoms with van der Waals surface area (Å²) in [5.41, 5.74) is 2.31. The normalized spacial score (nSPS) is 31.9. The number of fused-ring (bicyclic) bond motifs is 5. The van der Waals surface area contributed by atoms with Crippen LogP contribution >= 0.6 is 31.9 Å². The molecule has 0 unspecified atom stereocenters. The summed E-state index contributed by atoms with van der Waals surface area (Å²) in [7, 11) is 0. The van der Waals surface area contributed by atoms with Crippen LogP contribution in [0.25, 0.3) is 0 Å². The second-order valence-electron chi connectivity index (χ2n) is 8.48. The Morgan fingerprint density at radius 2 is 1.67 bits per heavy atom. The Morgan fingerprint density at radius 1 is 1.07 bits per heavy atom. The van der Waals surface area contributed by atoms with Gasteiger partial charge in [0.05, 0.1) is 18.3 Å². The van der Waals surface area contributed by atoms with Crippen LogP contribution in [0.4, 0.5) is 0 Å². The van der Waals surface area contributed by atoms with Crippen molar-refractivity contribution in [3.8, 4) is 0 Å². The molecular weight excluding hydrogens is 518 g/mol. The first-order valence-corrected chi connectivity index (χ1v) is 11.9. The van der Waals surface area contributed by atoms with Crippen molar-refractivity contribution in [2.24, 2.45) is 23.7 Å². The molecular formula is C22H23Br2NO5. The molecule has 2 bridgehead atoms. The van der Waals surface area contributed by atoms with Gasteiger partial charge in [-0.2, -0.15) is 0 Å². The Hall–Kier alpha value is -1.54. The zero-order valence-corrected chi connectivity index (χ0v) is 19.9. The number of nitrogens with zero attached hydrogens (tertiary/aromatic N) is 1. The summed E-state index contributed by atoms with van der Waals surface area (Å²) in [5.74, 6) is -1.51. The predicted molar refractivity (Wildman–Crippen MR) is 117 cm³/mol. The second-order valence-corrected chi connectivity index (χ2v) is 10.6. The van der Waals surface area contributed by atoms with Gasteiger partial charge in [-0.3, -0.25) is 24.1 Å². The van der Waals surface area contributed by atoms with Gasteiger partial charge >= 0.3 is 5.97 Å². The van der Waals surface area contributed by atoms with Gasteiger partial charge in [0.15, 0.2) is 6.61 Å². The maximum Gasteiger partial charge on any atom is 0.308 e. The lowest BCUT2D eigenvalue weighted by atomic mass is 9.81. The molecule has 6 nitrogen and oxygen atoms in total. The zero-order valence-electron chi connectivity index (χ0n) is 16.8.